The van der Waals surface area contributed by atoms with Gasteiger partial charge in [-0.1, -0.05) is 20.8 Å². The van der Waals surface area contributed by atoms with Gasteiger partial charge in [-0.3, -0.25) is 4.79 Å². The number of fused-ring (bicyclic) bond motifs is 1. The first-order valence-corrected chi connectivity index (χ1v) is 14.7. The van der Waals surface area contributed by atoms with E-state index >= 15 is 0 Å². The normalized spacial score (nSPS) is 13.0. The molecule has 0 saturated carbocycles. The van der Waals surface area contributed by atoms with Crippen LogP contribution in [0.25, 0.3) is 10.9 Å². The summed E-state index contributed by atoms with van der Waals surface area (Å²) in [5, 5.41) is 1.29. The number of aromatic amines is 1. The number of aryl methyl sites for hydroxylation is 2. The van der Waals surface area contributed by atoms with Crippen molar-refractivity contribution in [2.75, 3.05) is 13.2 Å². The zero-order chi connectivity index (χ0) is 24.2. The van der Waals surface area contributed by atoms with Gasteiger partial charge in [0.1, 0.15) is 5.82 Å². The Balaban J connectivity index is 1.98. The molecule has 0 aliphatic rings. The highest BCUT2D eigenvalue weighted by molar-refractivity contribution is 6.74. The van der Waals surface area contributed by atoms with E-state index in [-0.39, 0.29) is 16.8 Å². The first-order chi connectivity index (χ1) is 14.7. The number of rotatable bonds is 10. The Hall–Kier alpha value is -1.66. The molecule has 32 heavy (non-hydrogen) atoms. The third-order valence-electron chi connectivity index (χ3n) is 6.46. The van der Waals surface area contributed by atoms with Crippen LogP contribution in [-0.4, -0.2) is 32.5 Å². The number of nitrogens with one attached hydrogen (secondary N) is 1. The van der Waals surface area contributed by atoms with Gasteiger partial charge in [-0.15, -0.1) is 0 Å². The van der Waals surface area contributed by atoms with E-state index in [1.807, 2.05) is 26.8 Å². The van der Waals surface area contributed by atoms with E-state index in [9.17, 15) is 9.18 Å². The number of H-pyrrole nitrogens is 1. The summed E-state index contributed by atoms with van der Waals surface area (Å²) in [7, 11) is -1.75. The largest absolute Gasteiger partial charge is 0.465 e. The van der Waals surface area contributed by atoms with Crippen molar-refractivity contribution in [1.29, 1.82) is 0 Å². The van der Waals surface area contributed by atoms with E-state index < -0.39 is 13.7 Å². The van der Waals surface area contributed by atoms with Crippen LogP contribution in [0, 0.1) is 11.2 Å². The van der Waals surface area contributed by atoms with Crippen LogP contribution in [0.15, 0.2) is 18.2 Å². The SMILES string of the molecule is CC(C)(C)C(=O)OCCCCc1[nH]c2cc(F)ccc2c1CCCO[Si](C)(C)C(C)(C)C. The summed E-state index contributed by atoms with van der Waals surface area (Å²) in [5.41, 5.74) is 2.78. The second-order valence-corrected chi connectivity index (χ2v) is 16.1. The molecule has 0 aliphatic heterocycles. The van der Waals surface area contributed by atoms with E-state index in [0.717, 1.165) is 55.3 Å². The highest BCUT2D eigenvalue weighted by Gasteiger charge is 2.36. The van der Waals surface area contributed by atoms with Gasteiger partial charge < -0.3 is 14.1 Å². The maximum atomic E-state index is 13.8. The van der Waals surface area contributed by atoms with E-state index in [4.69, 9.17) is 9.16 Å². The first kappa shape index (κ1) is 26.6. The Morgan fingerprint density at radius 1 is 1.00 bits per heavy atom. The fraction of sp³-hybridized carbons (Fsp3) is 0.654. The monoisotopic (exact) mass is 463 g/mol. The predicted molar refractivity (Wildman–Crippen MR) is 133 cm³/mol. The molecule has 0 amide bonds. The predicted octanol–water partition coefficient (Wildman–Crippen LogP) is 7.17. The standard InChI is InChI=1S/C26H42FNO3Si/c1-25(2,3)24(29)30-16-10-9-13-22-20(21-15-14-19(27)18-23(21)28-22)12-11-17-31-32(7,8)26(4,5)6/h14-15,18,28H,9-13,16-17H2,1-8H3. The molecule has 0 atom stereocenters. The zero-order valence-corrected chi connectivity index (χ0v) is 22.3. The molecule has 1 aromatic carbocycles. The van der Waals surface area contributed by atoms with Crippen LogP contribution in [0.2, 0.25) is 18.1 Å². The van der Waals surface area contributed by atoms with E-state index in [1.165, 1.54) is 11.6 Å². The van der Waals surface area contributed by atoms with Crippen LogP contribution in [0.5, 0.6) is 0 Å². The summed E-state index contributed by atoms with van der Waals surface area (Å²) < 4.78 is 25.5. The lowest BCUT2D eigenvalue weighted by Crippen LogP contribution is -2.41. The third-order valence-corrected chi connectivity index (χ3v) is 11.0. The second-order valence-electron chi connectivity index (χ2n) is 11.3. The third kappa shape index (κ3) is 7.17. The second kappa shape index (κ2) is 10.5. The van der Waals surface area contributed by atoms with Gasteiger partial charge in [0, 0.05) is 23.2 Å². The Morgan fingerprint density at radius 3 is 2.31 bits per heavy atom. The molecule has 0 unspecified atom stereocenters. The topological polar surface area (TPSA) is 51.3 Å². The van der Waals surface area contributed by atoms with Gasteiger partial charge in [0.25, 0.3) is 0 Å². The molecule has 180 valence electrons. The Kier molecular flexibility index (Phi) is 8.73. The maximum absolute atomic E-state index is 13.8. The number of ether oxygens (including phenoxy) is 1. The number of halogens is 1. The molecule has 0 aliphatic carbocycles. The Bertz CT molecular complexity index is 906. The van der Waals surface area contributed by atoms with E-state index in [0.29, 0.717) is 6.61 Å². The molecule has 0 bridgehead atoms. The molecule has 0 fully saturated rings. The summed E-state index contributed by atoms with van der Waals surface area (Å²) in [4.78, 5) is 15.3. The summed E-state index contributed by atoms with van der Waals surface area (Å²) in [6.07, 6.45) is 4.39. The number of carbonyl (C=O) groups is 1. The van der Waals surface area contributed by atoms with Crippen molar-refractivity contribution in [1.82, 2.24) is 4.98 Å². The summed E-state index contributed by atoms with van der Waals surface area (Å²) in [5.74, 6) is -0.395. The molecule has 6 heteroatoms. The fourth-order valence-corrected chi connectivity index (χ4v) is 4.45. The quantitative estimate of drug-likeness (QED) is 0.231. The molecule has 4 nitrogen and oxygen atoms in total. The van der Waals surface area contributed by atoms with Crippen LogP contribution in [0.4, 0.5) is 4.39 Å². The number of hydrogen-bond acceptors (Lipinski definition) is 3. The van der Waals surface area contributed by atoms with Crippen molar-refractivity contribution in [2.24, 2.45) is 5.41 Å². The molecule has 1 heterocycles. The zero-order valence-electron chi connectivity index (χ0n) is 21.3. The molecular formula is C26H42FNO3Si. The lowest BCUT2D eigenvalue weighted by molar-refractivity contribution is -0.153. The smallest absolute Gasteiger partial charge is 0.311 e. The molecule has 2 rings (SSSR count). The lowest BCUT2D eigenvalue weighted by Gasteiger charge is -2.36. The van der Waals surface area contributed by atoms with Gasteiger partial charge in [0.05, 0.1) is 12.0 Å². The number of esters is 1. The van der Waals surface area contributed by atoms with Gasteiger partial charge in [-0.2, -0.15) is 0 Å². The molecule has 2 aromatic rings. The Morgan fingerprint density at radius 2 is 1.69 bits per heavy atom. The summed E-state index contributed by atoms with van der Waals surface area (Å²) >= 11 is 0. The minimum absolute atomic E-state index is 0.166. The van der Waals surface area contributed by atoms with Crippen molar-refractivity contribution >= 4 is 25.2 Å². The molecular weight excluding hydrogens is 421 g/mol. The number of carbonyl (C=O) groups excluding carboxylic acids is 1. The van der Waals surface area contributed by atoms with E-state index in [2.05, 4.69) is 38.8 Å². The van der Waals surface area contributed by atoms with Crippen LogP contribution in [0.3, 0.4) is 0 Å². The van der Waals surface area contributed by atoms with Crippen LogP contribution < -0.4 is 0 Å². The van der Waals surface area contributed by atoms with Crippen LogP contribution in [-0.2, 0) is 26.8 Å². The maximum Gasteiger partial charge on any atom is 0.311 e. The fourth-order valence-electron chi connectivity index (χ4n) is 3.36. The molecule has 1 N–H and O–H groups in total. The lowest BCUT2D eigenvalue weighted by atomic mass is 9.97. The molecule has 0 saturated heterocycles. The summed E-state index contributed by atoms with van der Waals surface area (Å²) in [6.45, 7) is 18.1. The molecule has 0 radical (unpaired) electrons. The number of hydrogen-bond donors (Lipinski definition) is 1. The Labute approximate surface area is 194 Å². The van der Waals surface area contributed by atoms with Gasteiger partial charge in [0.15, 0.2) is 8.32 Å². The average Bonchev–Trinajstić information content (AvgIpc) is 2.99. The molecule has 1 aromatic heterocycles. The van der Waals surface area contributed by atoms with Gasteiger partial charge >= 0.3 is 5.97 Å². The van der Waals surface area contributed by atoms with Crippen molar-refractivity contribution in [2.45, 2.75) is 91.8 Å². The van der Waals surface area contributed by atoms with Crippen molar-refractivity contribution < 1.29 is 18.3 Å². The average molecular weight is 464 g/mol. The van der Waals surface area contributed by atoms with Crippen molar-refractivity contribution in [3.8, 4) is 0 Å². The van der Waals surface area contributed by atoms with Crippen molar-refractivity contribution in [3.05, 3.63) is 35.3 Å². The van der Waals surface area contributed by atoms with Crippen LogP contribution >= 0.6 is 0 Å². The van der Waals surface area contributed by atoms with E-state index in [1.54, 1.807) is 6.07 Å². The number of unbranched alkanes of at least 4 members (excludes halogenated alkanes) is 1. The number of aromatic nitrogens is 1. The van der Waals surface area contributed by atoms with Gasteiger partial charge in [-0.25, -0.2) is 4.39 Å². The number of benzene rings is 1. The van der Waals surface area contributed by atoms with Gasteiger partial charge in [-0.05, 0) is 94.8 Å². The minimum Gasteiger partial charge on any atom is -0.465 e. The highest BCUT2D eigenvalue weighted by Crippen LogP contribution is 2.36. The first-order valence-electron chi connectivity index (χ1n) is 11.8. The molecule has 0 spiro atoms. The van der Waals surface area contributed by atoms with Crippen LogP contribution in [0.1, 0.15) is 72.1 Å². The van der Waals surface area contributed by atoms with Crippen molar-refractivity contribution in [3.63, 3.8) is 0 Å². The van der Waals surface area contributed by atoms with Gasteiger partial charge in [0.2, 0.25) is 0 Å². The minimum atomic E-state index is -1.75. The summed E-state index contributed by atoms with van der Waals surface area (Å²) in [6, 6.07) is 4.97. The highest BCUT2D eigenvalue weighted by atomic mass is 28.4.